The molecule has 1 nitrogen and oxygen atoms in total. The number of halogens is 3. The first-order valence-electron chi connectivity index (χ1n) is 3.19. The molecule has 0 radical (unpaired) electrons. The summed E-state index contributed by atoms with van der Waals surface area (Å²) in [4.78, 5) is 9.21. The molecule has 1 atom stereocenters. The van der Waals surface area contributed by atoms with Crippen LogP contribution >= 0.6 is 0 Å². The predicted octanol–water partition coefficient (Wildman–Crippen LogP) is 2.23. The summed E-state index contributed by atoms with van der Waals surface area (Å²) in [6, 6.07) is -0.194. The summed E-state index contributed by atoms with van der Waals surface area (Å²) in [6.45, 7) is 4.71. The fraction of sp³-hybridized carbons (Fsp3) is 0.667. The van der Waals surface area contributed by atoms with Gasteiger partial charge in [-0.15, -0.1) is 6.58 Å². The topological polar surface area (TPSA) is 20.2 Å². The number of hydrogen-bond donors (Lipinski definition) is 1. The second-order valence-electron chi connectivity index (χ2n) is 2.68. The molecule has 0 amide bonds. The van der Waals surface area contributed by atoms with E-state index in [9.17, 15) is 18.0 Å². The highest BCUT2D eigenvalue weighted by Crippen LogP contribution is 2.25. The van der Waals surface area contributed by atoms with Gasteiger partial charge < -0.3 is 4.80 Å². The molecule has 0 rings (SSSR count). The predicted molar refractivity (Wildman–Crippen MR) is 39.5 cm³/mol. The molecular weight excluding hydrogens is 173 g/mol. The lowest BCUT2D eigenvalue weighted by Crippen LogP contribution is -2.29. The summed E-state index contributed by atoms with van der Waals surface area (Å²) >= 11 is 0. The lowest BCUT2D eigenvalue weighted by Gasteiger charge is -2.15. The maximum atomic E-state index is 11.6. The van der Waals surface area contributed by atoms with Crippen LogP contribution in [0.5, 0.6) is 0 Å². The second kappa shape index (κ2) is 3.40. The normalized spacial score (nSPS) is 17.5. The highest BCUT2D eigenvalue weighted by Gasteiger charge is 2.32. The summed E-state index contributed by atoms with van der Waals surface area (Å²) in [5.41, 5.74) is 1.25. The minimum atomic E-state index is -4.17. The Morgan fingerprint density at radius 2 is 2.00 bits per heavy atom. The Balaban J connectivity index is 3.79. The van der Waals surface area contributed by atoms with Crippen LogP contribution in [0.2, 0.25) is 12.6 Å². The van der Waals surface area contributed by atoms with E-state index >= 15 is 0 Å². The third-order valence-corrected chi connectivity index (χ3v) is 3.50. The van der Waals surface area contributed by atoms with Gasteiger partial charge in [-0.05, 0) is 12.6 Å². The molecule has 66 valence electrons. The molecular formula is C6H11F3OSi. The van der Waals surface area contributed by atoms with Gasteiger partial charge in [-0.25, -0.2) is 0 Å². The molecule has 0 heterocycles. The second-order valence-corrected chi connectivity index (χ2v) is 6.30. The molecule has 0 saturated carbocycles. The Bertz CT molecular complexity index is 141. The molecule has 0 spiro atoms. The fourth-order valence-electron chi connectivity index (χ4n) is 0.497. The van der Waals surface area contributed by atoms with E-state index in [1.807, 2.05) is 0 Å². The quantitative estimate of drug-likeness (QED) is 0.667. The highest BCUT2D eigenvalue weighted by atomic mass is 28.4. The maximum absolute atomic E-state index is 11.6. The van der Waals surface area contributed by atoms with Gasteiger partial charge >= 0.3 is 6.18 Å². The van der Waals surface area contributed by atoms with Gasteiger partial charge in [0.2, 0.25) is 8.32 Å². The smallest absolute Gasteiger partial charge is 0.388 e. The van der Waals surface area contributed by atoms with Crippen molar-refractivity contribution >= 4 is 8.32 Å². The largest absolute Gasteiger partial charge is 0.428 e. The molecule has 0 bridgehead atoms. The van der Waals surface area contributed by atoms with Crippen LogP contribution in [-0.4, -0.2) is 19.3 Å². The van der Waals surface area contributed by atoms with Crippen LogP contribution in [0.4, 0.5) is 13.2 Å². The Kier molecular flexibility index (Phi) is 3.31. The van der Waals surface area contributed by atoms with Crippen molar-refractivity contribution in [2.24, 2.45) is 0 Å². The van der Waals surface area contributed by atoms with Gasteiger partial charge in [0, 0.05) is 6.42 Å². The average Bonchev–Trinajstić information content (AvgIpc) is 1.83. The zero-order valence-corrected chi connectivity index (χ0v) is 7.28. The third-order valence-electron chi connectivity index (χ3n) is 1.35. The molecule has 0 aliphatic heterocycles. The average molecular weight is 184 g/mol. The van der Waals surface area contributed by atoms with E-state index in [-0.39, 0.29) is 6.04 Å². The van der Waals surface area contributed by atoms with Gasteiger partial charge in [-0.3, -0.25) is 0 Å². The van der Waals surface area contributed by atoms with Gasteiger partial charge in [-0.2, -0.15) is 13.2 Å². The molecule has 0 aromatic rings. The van der Waals surface area contributed by atoms with Crippen LogP contribution in [-0.2, 0) is 0 Å². The Hall–Kier alpha value is -0.293. The molecule has 5 heteroatoms. The van der Waals surface area contributed by atoms with Gasteiger partial charge in [-0.1, -0.05) is 5.70 Å². The van der Waals surface area contributed by atoms with E-state index in [1.54, 1.807) is 0 Å². The Labute approximate surface area is 64.7 Å². The van der Waals surface area contributed by atoms with Crippen molar-refractivity contribution in [3.8, 4) is 0 Å². The monoisotopic (exact) mass is 184 g/mol. The molecule has 0 aliphatic carbocycles. The van der Waals surface area contributed by atoms with E-state index in [2.05, 4.69) is 6.58 Å². The number of hydrogen-bond acceptors (Lipinski definition) is 1. The summed E-state index contributed by atoms with van der Waals surface area (Å²) in [5.74, 6) is 0. The van der Waals surface area contributed by atoms with Crippen LogP contribution in [0.1, 0.15) is 6.42 Å². The van der Waals surface area contributed by atoms with Crippen molar-refractivity contribution < 1.29 is 18.0 Å². The molecule has 1 N–H and O–H groups in total. The first-order chi connectivity index (χ1) is 4.77. The molecule has 1 unspecified atom stereocenters. The van der Waals surface area contributed by atoms with Crippen LogP contribution < -0.4 is 0 Å². The van der Waals surface area contributed by atoms with Crippen molar-refractivity contribution in [3.05, 3.63) is 12.3 Å². The maximum Gasteiger partial charge on any atom is 0.388 e. The molecule has 0 aromatic heterocycles. The van der Waals surface area contributed by atoms with E-state index in [0.717, 1.165) is 0 Å². The molecule has 0 aliphatic rings. The Morgan fingerprint density at radius 3 is 2.27 bits per heavy atom. The standard InChI is InChI=1S/C6H11F3OSi/c1-3-11(2,10)5-4-6(7,8)9/h3,10H,1,4-5H2,2H3. The van der Waals surface area contributed by atoms with Gasteiger partial charge in [0.1, 0.15) is 0 Å². The van der Waals surface area contributed by atoms with Gasteiger partial charge in [0.05, 0.1) is 0 Å². The van der Waals surface area contributed by atoms with Crippen LogP contribution in [0.3, 0.4) is 0 Å². The lowest BCUT2D eigenvalue weighted by molar-refractivity contribution is -0.131. The summed E-state index contributed by atoms with van der Waals surface area (Å²) in [5, 5.41) is 0. The van der Waals surface area contributed by atoms with Gasteiger partial charge in [0.25, 0.3) is 0 Å². The van der Waals surface area contributed by atoms with E-state index in [4.69, 9.17) is 0 Å². The summed E-state index contributed by atoms with van der Waals surface area (Å²) in [6.07, 6.45) is -5.09. The molecule has 11 heavy (non-hydrogen) atoms. The first-order valence-corrected chi connectivity index (χ1v) is 5.93. The minimum Gasteiger partial charge on any atom is -0.428 e. The van der Waals surface area contributed by atoms with Crippen LogP contribution in [0.25, 0.3) is 0 Å². The third kappa shape index (κ3) is 6.12. The summed E-state index contributed by atoms with van der Waals surface area (Å²) in [7, 11) is -2.74. The number of alkyl halides is 3. The van der Waals surface area contributed by atoms with Crippen molar-refractivity contribution in [2.45, 2.75) is 25.2 Å². The van der Waals surface area contributed by atoms with Crippen LogP contribution in [0, 0.1) is 0 Å². The van der Waals surface area contributed by atoms with Crippen molar-refractivity contribution in [2.75, 3.05) is 0 Å². The number of rotatable bonds is 3. The van der Waals surface area contributed by atoms with Gasteiger partial charge in [0.15, 0.2) is 0 Å². The first kappa shape index (κ1) is 10.7. The van der Waals surface area contributed by atoms with E-state index < -0.39 is 20.9 Å². The fourth-order valence-corrected chi connectivity index (χ4v) is 1.49. The lowest BCUT2D eigenvalue weighted by atomic mass is 10.5. The minimum absolute atomic E-state index is 0.194. The Morgan fingerprint density at radius 1 is 1.55 bits per heavy atom. The van der Waals surface area contributed by atoms with Crippen molar-refractivity contribution in [1.82, 2.24) is 0 Å². The van der Waals surface area contributed by atoms with Crippen molar-refractivity contribution in [3.63, 3.8) is 0 Å². The SMILES string of the molecule is C=C[Si](C)(O)CCC(F)(F)F. The van der Waals surface area contributed by atoms with Crippen LogP contribution in [0.15, 0.2) is 12.3 Å². The van der Waals surface area contributed by atoms with E-state index in [1.165, 1.54) is 12.2 Å². The molecule has 0 fully saturated rings. The molecule has 0 saturated heterocycles. The molecule has 0 aromatic carbocycles. The van der Waals surface area contributed by atoms with E-state index in [0.29, 0.717) is 0 Å². The summed E-state index contributed by atoms with van der Waals surface area (Å²) < 4.78 is 34.8. The van der Waals surface area contributed by atoms with Crippen molar-refractivity contribution in [1.29, 1.82) is 0 Å². The zero-order chi connectivity index (χ0) is 9.12. The highest BCUT2D eigenvalue weighted by molar-refractivity contribution is 6.76. The zero-order valence-electron chi connectivity index (χ0n) is 6.28.